The van der Waals surface area contributed by atoms with Crippen molar-refractivity contribution in [1.29, 1.82) is 0 Å². The summed E-state index contributed by atoms with van der Waals surface area (Å²) in [6.07, 6.45) is -1.38. The van der Waals surface area contributed by atoms with Crippen LogP contribution in [0.4, 0.5) is 39.1 Å². The molecule has 0 fully saturated rings. The average Bonchev–Trinajstić information content (AvgIpc) is 3.16. The molecular formula is C24H25F5GaN6. The van der Waals surface area contributed by atoms with Crippen LogP contribution in [0.2, 0.25) is 5.48 Å². The molecule has 1 unspecified atom stereocenters. The molecule has 189 valence electrons. The Morgan fingerprint density at radius 3 is 2.53 bits per heavy atom. The molecule has 3 heterocycles. The van der Waals surface area contributed by atoms with E-state index in [1.165, 1.54) is 12.3 Å². The summed E-state index contributed by atoms with van der Waals surface area (Å²) in [7, 11) is 0. The van der Waals surface area contributed by atoms with E-state index in [9.17, 15) is 22.0 Å². The molecule has 0 bridgehead atoms. The van der Waals surface area contributed by atoms with Gasteiger partial charge < -0.3 is 0 Å². The monoisotopic (exact) mass is 561 g/mol. The number of hydrogen-bond acceptors (Lipinski definition) is 5. The number of amidine groups is 1. The Labute approximate surface area is 213 Å². The number of fused-ring (bicyclic) bond motifs is 3. The molecule has 1 aliphatic rings. The third-order valence-electron chi connectivity index (χ3n) is 6.04. The van der Waals surface area contributed by atoms with Crippen molar-refractivity contribution in [2.75, 3.05) is 23.3 Å². The van der Waals surface area contributed by atoms with Crippen LogP contribution in [-0.4, -0.2) is 57.7 Å². The number of nitrogens with one attached hydrogen (secondary N) is 2. The van der Waals surface area contributed by atoms with Crippen molar-refractivity contribution in [2.45, 2.75) is 38.3 Å². The normalized spacial score (nSPS) is 13.7. The summed E-state index contributed by atoms with van der Waals surface area (Å²) < 4.78 is 70.1. The molecule has 1 aromatic carbocycles. The van der Waals surface area contributed by atoms with E-state index in [4.69, 9.17) is 0 Å². The first-order valence-corrected chi connectivity index (χ1v) is 15.3. The van der Waals surface area contributed by atoms with E-state index in [2.05, 4.69) is 25.5 Å². The van der Waals surface area contributed by atoms with Gasteiger partial charge >= 0.3 is 213 Å². The van der Waals surface area contributed by atoms with Crippen molar-refractivity contribution in [3.05, 3.63) is 47.7 Å². The van der Waals surface area contributed by atoms with Crippen molar-refractivity contribution in [3.8, 4) is 11.3 Å². The molecule has 2 aromatic heterocycles. The maximum absolute atomic E-state index is 14.6. The number of alkyl halides is 3. The molecule has 4 rings (SSSR count). The summed E-state index contributed by atoms with van der Waals surface area (Å²) in [5.41, 5.74) is 3.61. The van der Waals surface area contributed by atoms with E-state index in [1.54, 1.807) is 11.0 Å². The second-order valence-corrected chi connectivity index (χ2v) is 11.1. The summed E-state index contributed by atoms with van der Waals surface area (Å²) >= 11 is -0.965. The van der Waals surface area contributed by atoms with E-state index < -0.39 is 41.1 Å². The first kappa shape index (κ1) is 26.2. The molecule has 0 aliphatic carbocycles. The number of aromatic amines is 1. The van der Waals surface area contributed by atoms with Gasteiger partial charge in [-0.1, -0.05) is 0 Å². The van der Waals surface area contributed by atoms with E-state index in [0.717, 1.165) is 29.7 Å². The first-order valence-electron chi connectivity index (χ1n) is 11.6. The van der Waals surface area contributed by atoms with Crippen molar-refractivity contribution in [2.24, 2.45) is 10.9 Å². The molecular weight excluding hydrogens is 537 g/mol. The van der Waals surface area contributed by atoms with Gasteiger partial charge in [0.05, 0.1) is 0 Å². The van der Waals surface area contributed by atoms with Crippen molar-refractivity contribution in [3.63, 3.8) is 0 Å². The van der Waals surface area contributed by atoms with Gasteiger partial charge in [0.25, 0.3) is 0 Å². The molecule has 3 aromatic rings. The second kappa shape index (κ2) is 10.6. The summed E-state index contributed by atoms with van der Waals surface area (Å²) in [6, 6.07) is 5.24. The molecule has 6 nitrogen and oxygen atoms in total. The van der Waals surface area contributed by atoms with E-state index in [1.807, 2.05) is 12.4 Å². The zero-order chi connectivity index (χ0) is 26.0. The molecule has 0 amide bonds. The summed E-state index contributed by atoms with van der Waals surface area (Å²) in [6.45, 7) is 3.27. The number of hydrogen-bond donors (Lipinski definition) is 2. The standard InChI is InChI=1S/C23H22F5N6.CH3.Ga/c1-3-4-8-34(12-13(2)23(26,27)28)19-9-14-17(10-29-19)31-22(32-18-11-30-33-21(14)18)20-15(24)6-5-7-16(20)25;;/h5-7,9-10,13H,3-4,8,12H2,1-2H3,(H,30,33)(H,31,32);1H3;. The van der Waals surface area contributed by atoms with Crippen LogP contribution in [0.3, 0.4) is 0 Å². The van der Waals surface area contributed by atoms with Gasteiger partial charge in [-0.25, -0.2) is 0 Å². The number of pyridine rings is 1. The van der Waals surface area contributed by atoms with Crippen LogP contribution in [-0.2, 0) is 0 Å². The van der Waals surface area contributed by atoms with Crippen LogP contribution in [0.5, 0.6) is 0 Å². The molecule has 12 heteroatoms. The van der Waals surface area contributed by atoms with E-state index in [-0.39, 0.29) is 17.9 Å². The fraction of sp³-hybridized carbons (Fsp3) is 0.375. The van der Waals surface area contributed by atoms with Gasteiger partial charge in [0, 0.05) is 0 Å². The predicted molar refractivity (Wildman–Crippen MR) is 132 cm³/mol. The van der Waals surface area contributed by atoms with Gasteiger partial charge in [-0.15, -0.1) is 0 Å². The van der Waals surface area contributed by atoms with Gasteiger partial charge in [0.1, 0.15) is 0 Å². The molecule has 2 N–H and O–H groups in total. The van der Waals surface area contributed by atoms with Crippen LogP contribution < -0.4 is 14.5 Å². The summed E-state index contributed by atoms with van der Waals surface area (Å²) in [5, 5.41) is 10.4. The van der Waals surface area contributed by atoms with Crippen LogP contribution in [0.25, 0.3) is 11.3 Å². The summed E-state index contributed by atoms with van der Waals surface area (Å²) in [4.78, 5) is 10.6. The quantitative estimate of drug-likeness (QED) is 0.284. The molecule has 36 heavy (non-hydrogen) atoms. The molecule has 0 saturated carbocycles. The van der Waals surface area contributed by atoms with Gasteiger partial charge in [0.2, 0.25) is 0 Å². The Hall–Kier alpha value is -2.86. The Morgan fingerprint density at radius 2 is 1.89 bits per heavy atom. The fourth-order valence-electron chi connectivity index (χ4n) is 3.96. The zero-order valence-electron chi connectivity index (χ0n) is 20.0. The average molecular weight is 562 g/mol. The van der Waals surface area contributed by atoms with Gasteiger partial charge in [0.15, 0.2) is 0 Å². The minimum absolute atomic E-state index is 0.0261. The number of aromatic nitrogens is 3. The maximum atomic E-state index is 14.6. The number of halogens is 5. The summed E-state index contributed by atoms with van der Waals surface area (Å²) in [5.74, 6) is -2.76. The second-order valence-electron chi connectivity index (χ2n) is 8.64. The number of anilines is 2. The van der Waals surface area contributed by atoms with E-state index >= 15 is 0 Å². The van der Waals surface area contributed by atoms with E-state index in [0.29, 0.717) is 41.4 Å². The van der Waals surface area contributed by atoms with Crippen molar-refractivity contribution in [1.82, 2.24) is 15.2 Å². The van der Waals surface area contributed by atoms with Gasteiger partial charge in [-0.05, 0) is 0 Å². The van der Waals surface area contributed by atoms with Crippen molar-refractivity contribution >= 4 is 44.7 Å². The van der Waals surface area contributed by atoms with Crippen molar-refractivity contribution < 1.29 is 22.0 Å². The molecule has 1 atom stereocenters. The first-order chi connectivity index (χ1) is 17.1. The molecule has 0 spiro atoms. The minimum atomic E-state index is -4.33. The van der Waals surface area contributed by atoms with Gasteiger partial charge in [-0.3, -0.25) is 0 Å². The molecule has 1 radical (unpaired) electrons. The Morgan fingerprint density at radius 1 is 1.17 bits per heavy atom. The van der Waals surface area contributed by atoms with Crippen LogP contribution in [0.1, 0.15) is 32.3 Å². The topological polar surface area (TPSA) is 69.2 Å². The number of rotatable bonds is 8. The fourth-order valence-corrected chi connectivity index (χ4v) is 5.36. The van der Waals surface area contributed by atoms with Crippen LogP contribution in [0.15, 0.2) is 35.5 Å². The van der Waals surface area contributed by atoms with Gasteiger partial charge in [-0.2, -0.15) is 0 Å². The third kappa shape index (κ3) is 5.29. The Bertz CT molecular complexity index is 1250. The number of nitrogens with zero attached hydrogens (tertiary/aromatic N) is 4. The molecule has 0 saturated heterocycles. The number of H-pyrrole nitrogens is 1. The number of unbranched alkanes of at least 4 members (excludes halogenated alkanes) is 1. The predicted octanol–water partition coefficient (Wildman–Crippen LogP) is 5.44. The number of benzene rings is 1. The van der Waals surface area contributed by atoms with Crippen LogP contribution >= 0.6 is 0 Å². The molecule has 1 aliphatic heterocycles. The number of aliphatic imine (C=N–C) groups is 1. The third-order valence-corrected chi connectivity index (χ3v) is 8.09. The Balaban J connectivity index is 1.82. The Kier molecular flexibility index (Phi) is 7.74. The van der Waals surface area contributed by atoms with Crippen LogP contribution in [0, 0.1) is 17.6 Å². The SMILES string of the molecule is CCCCN(CC(C)C(F)(F)F)c1cc2c(cn1)NC(c1c(F)cccc1F)=Nc1c-2n[nH][c]1[Ga][CH3]. The zero-order valence-corrected chi connectivity index (χ0v) is 22.5.